The Balaban J connectivity index is 1.71. The van der Waals surface area contributed by atoms with Crippen molar-refractivity contribution in [3.8, 4) is 17.9 Å². The van der Waals surface area contributed by atoms with Crippen molar-refractivity contribution in [2.24, 2.45) is 0 Å². The highest BCUT2D eigenvalue weighted by atomic mass is 79.9. The number of fused-ring (bicyclic) bond motifs is 1. The van der Waals surface area contributed by atoms with Gasteiger partial charge in [0.2, 0.25) is 5.91 Å². The molecular weight excluding hydrogens is 652 g/mol. The van der Waals surface area contributed by atoms with Gasteiger partial charge in [0.05, 0.1) is 42.3 Å². The number of alkyl carbamates (subject to hydrolysis) is 1. The molecule has 4 rings (SSSR count). The van der Waals surface area contributed by atoms with Gasteiger partial charge >= 0.3 is 12.1 Å². The normalized spacial score (nSPS) is 12.0. The lowest BCUT2D eigenvalue weighted by Crippen LogP contribution is -2.45. The van der Waals surface area contributed by atoms with E-state index < -0.39 is 36.0 Å². The van der Waals surface area contributed by atoms with E-state index in [4.69, 9.17) is 14.2 Å². The Morgan fingerprint density at radius 2 is 1.78 bits per heavy atom. The summed E-state index contributed by atoms with van der Waals surface area (Å²) in [6, 6.07) is 22.0. The van der Waals surface area contributed by atoms with Gasteiger partial charge in [0.25, 0.3) is 0 Å². The third kappa shape index (κ3) is 8.40. The molecule has 234 valence electrons. The number of benzene rings is 3. The zero-order chi connectivity index (χ0) is 33.4. The lowest BCUT2D eigenvalue weighted by Gasteiger charge is -2.23. The first-order valence-corrected chi connectivity index (χ1v) is 15.0. The molecule has 1 amide bonds. The van der Waals surface area contributed by atoms with Crippen LogP contribution < -0.4 is 10.1 Å². The number of rotatable bonds is 9. The molecule has 4 aromatic rings. The molecule has 0 bridgehead atoms. The molecule has 46 heavy (non-hydrogen) atoms. The molecule has 0 aliphatic rings. The summed E-state index contributed by atoms with van der Waals surface area (Å²) in [7, 11) is 1.49. The van der Waals surface area contributed by atoms with Gasteiger partial charge in [-0.05, 0) is 68.8 Å². The standard InChI is InChI=1S/C35H31BrN4O6/c1-35(2,3)46-34(43)39-29(33(42)45-21-22-8-6-5-7-9-22)17-32(41)40-20-28(27-16-26(36)11-12-30(27)40)25(19-38)15-24-14-23(18-37)10-13-31(24)44-4/h5-16,20,29H,17,21H2,1-4H3,(H,39,43). The first-order chi connectivity index (χ1) is 21.9. The predicted octanol–water partition coefficient (Wildman–Crippen LogP) is 7.02. The van der Waals surface area contributed by atoms with Crippen molar-refractivity contribution in [2.75, 3.05) is 7.11 Å². The highest BCUT2D eigenvalue weighted by Crippen LogP contribution is 2.33. The highest BCUT2D eigenvalue weighted by molar-refractivity contribution is 9.10. The average Bonchev–Trinajstić information content (AvgIpc) is 3.40. The number of allylic oxidation sites excluding steroid dienone is 1. The Hall–Kier alpha value is -5.39. The fourth-order valence-corrected chi connectivity index (χ4v) is 4.97. The van der Waals surface area contributed by atoms with Gasteiger partial charge in [0, 0.05) is 27.2 Å². The average molecular weight is 684 g/mol. The number of nitrogens with one attached hydrogen (secondary N) is 1. The summed E-state index contributed by atoms with van der Waals surface area (Å²) in [5.41, 5.74) is 1.87. The Labute approximate surface area is 274 Å². The molecule has 11 heteroatoms. The van der Waals surface area contributed by atoms with Gasteiger partial charge in [-0.25, -0.2) is 9.59 Å². The summed E-state index contributed by atoms with van der Waals surface area (Å²) in [5.74, 6) is -0.903. The number of hydrogen-bond donors (Lipinski definition) is 1. The summed E-state index contributed by atoms with van der Waals surface area (Å²) < 4.78 is 18.3. The van der Waals surface area contributed by atoms with E-state index in [2.05, 4.69) is 33.4 Å². The number of methoxy groups -OCH3 is 1. The van der Waals surface area contributed by atoms with E-state index in [1.165, 1.54) is 17.9 Å². The number of nitriles is 2. The third-order valence-corrected chi connectivity index (χ3v) is 7.18. The van der Waals surface area contributed by atoms with Crippen molar-refractivity contribution in [1.82, 2.24) is 9.88 Å². The number of amides is 1. The molecule has 1 heterocycles. The minimum atomic E-state index is -1.37. The monoisotopic (exact) mass is 682 g/mol. The van der Waals surface area contributed by atoms with Crippen molar-refractivity contribution < 1.29 is 28.6 Å². The van der Waals surface area contributed by atoms with E-state index in [9.17, 15) is 24.9 Å². The van der Waals surface area contributed by atoms with Crippen molar-refractivity contribution in [2.45, 2.75) is 45.4 Å². The predicted molar refractivity (Wildman–Crippen MR) is 175 cm³/mol. The zero-order valence-corrected chi connectivity index (χ0v) is 27.3. The highest BCUT2D eigenvalue weighted by Gasteiger charge is 2.29. The first-order valence-electron chi connectivity index (χ1n) is 14.2. The number of hydrogen-bond acceptors (Lipinski definition) is 8. The number of halogens is 1. The SMILES string of the molecule is COc1ccc(C#N)cc1C=C(C#N)c1cn(C(=O)CC(NC(=O)OC(C)(C)C)C(=O)OCc2ccccc2)c2ccc(Br)cc12. The molecule has 3 aromatic carbocycles. The number of aromatic nitrogens is 1. The molecule has 0 aliphatic heterocycles. The van der Waals surface area contributed by atoms with Gasteiger partial charge in [0.1, 0.15) is 24.0 Å². The molecule has 0 aliphatic carbocycles. The third-order valence-electron chi connectivity index (χ3n) is 6.68. The van der Waals surface area contributed by atoms with Crippen LogP contribution in [0.1, 0.15) is 54.2 Å². The number of carbonyl (C=O) groups is 3. The number of carbonyl (C=O) groups excluding carboxylic acids is 3. The van der Waals surface area contributed by atoms with E-state index in [1.54, 1.807) is 87.5 Å². The summed E-state index contributed by atoms with van der Waals surface area (Å²) in [5, 5.41) is 22.7. The number of nitrogens with zero attached hydrogens (tertiary/aromatic N) is 3. The molecule has 0 saturated heterocycles. The largest absolute Gasteiger partial charge is 0.496 e. The molecule has 0 spiro atoms. The fourth-order valence-electron chi connectivity index (χ4n) is 4.61. The van der Waals surface area contributed by atoms with Crippen LogP contribution in [0.5, 0.6) is 5.75 Å². The van der Waals surface area contributed by atoms with Crippen molar-refractivity contribution in [3.05, 3.63) is 99.7 Å². The second-order valence-corrected chi connectivity index (χ2v) is 12.1. The minimum absolute atomic E-state index is 0.0578. The maximum atomic E-state index is 13.9. The smallest absolute Gasteiger partial charge is 0.408 e. The van der Waals surface area contributed by atoms with E-state index >= 15 is 0 Å². The van der Waals surface area contributed by atoms with Crippen LogP contribution in [0.25, 0.3) is 22.6 Å². The van der Waals surface area contributed by atoms with Gasteiger partial charge in [-0.15, -0.1) is 0 Å². The summed E-state index contributed by atoms with van der Waals surface area (Å²) in [6.45, 7) is 4.98. The summed E-state index contributed by atoms with van der Waals surface area (Å²) >= 11 is 3.46. The van der Waals surface area contributed by atoms with E-state index in [1.807, 2.05) is 6.07 Å². The second-order valence-electron chi connectivity index (χ2n) is 11.2. The van der Waals surface area contributed by atoms with Crippen LogP contribution in [-0.4, -0.2) is 41.3 Å². The van der Waals surface area contributed by atoms with Gasteiger partial charge in [-0.2, -0.15) is 10.5 Å². The molecule has 1 N–H and O–H groups in total. The lowest BCUT2D eigenvalue weighted by atomic mass is 10.0. The van der Waals surface area contributed by atoms with E-state index in [-0.39, 0.29) is 12.2 Å². The van der Waals surface area contributed by atoms with Crippen molar-refractivity contribution in [1.29, 1.82) is 10.5 Å². The quantitative estimate of drug-likeness (QED) is 0.147. The van der Waals surface area contributed by atoms with Crippen LogP contribution in [0.15, 0.2) is 77.4 Å². The van der Waals surface area contributed by atoms with Gasteiger partial charge in [-0.1, -0.05) is 46.3 Å². The molecule has 1 aromatic heterocycles. The molecule has 0 saturated carbocycles. The molecule has 1 unspecified atom stereocenters. The maximum Gasteiger partial charge on any atom is 0.408 e. The van der Waals surface area contributed by atoms with Crippen LogP contribution in [0.2, 0.25) is 0 Å². The maximum absolute atomic E-state index is 13.9. The van der Waals surface area contributed by atoms with Gasteiger partial charge < -0.3 is 19.5 Å². The lowest BCUT2D eigenvalue weighted by molar-refractivity contribution is -0.147. The molecule has 1 atom stereocenters. The number of esters is 1. The van der Waals surface area contributed by atoms with Gasteiger partial charge in [0.15, 0.2) is 0 Å². The van der Waals surface area contributed by atoms with Crippen LogP contribution in [0.3, 0.4) is 0 Å². The molecule has 0 radical (unpaired) electrons. The van der Waals surface area contributed by atoms with Crippen LogP contribution >= 0.6 is 15.9 Å². The molecule has 0 fully saturated rings. The second kappa shape index (κ2) is 14.6. The zero-order valence-electron chi connectivity index (χ0n) is 25.7. The first kappa shape index (κ1) is 33.5. The van der Waals surface area contributed by atoms with Crippen molar-refractivity contribution >= 4 is 56.5 Å². The fraction of sp³-hybridized carbons (Fsp3) is 0.229. The van der Waals surface area contributed by atoms with Crippen LogP contribution in [-0.2, 0) is 20.9 Å². The van der Waals surface area contributed by atoms with E-state index in [0.29, 0.717) is 37.8 Å². The van der Waals surface area contributed by atoms with Crippen molar-refractivity contribution in [3.63, 3.8) is 0 Å². The Morgan fingerprint density at radius 1 is 1.04 bits per heavy atom. The van der Waals surface area contributed by atoms with Gasteiger partial charge in [-0.3, -0.25) is 9.36 Å². The summed E-state index contributed by atoms with van der Waals surface area (Å²) in [6.07, 6.45) is 1.75. The van der Waals surface area contributed by atoms with Crippen LogP contribution in [0, 0.1) is 22.7 Å². The Kier molecular flexibility index (Phi) is 10.6. The van der Waals surface area contributed by atoms with Crippen LogP contribution in [0.4, 0.5) is 4.79 Å². The molecular formula is C35H31BrN4O6. The Morgan fingerprint density at radius 3 is 2.43 bits per heavy atom. The van der Waals surface area contributed by atoms with E-state index in [0.717, 1.165) is 5.56 Å². The topological polar surface area (TPSA) is 143 Å². The number of ether oxygens (including phenoxy) is 3. The minimum Gasteiger partial charge on any atom is -0.496 e. The Bertz CT molecular complexity index is 1890. The summed E-state index contributed by atoms with van der Waals surface area (Å²) in [4.78, 5) is 39.8. The molecule has 10 nitrogen and oxygen atoms in total.